The molecule has 1 saturated heterocycles. The van der Waals surface area contributed by atoms with Gasteiger partial charge in [0.1, 0.15) is 11.9 Å². The summed E-state index contributed by atoms with van der Waals surface area (Å²) in [5, 5.41) is 0. The Bertz CT molecular complexity index is 907. The molecule has 1 aliphatic rings. The normalized spacial score (nSPS) is 16.2. The summed E-state index contributed by atoms with van der Waals surface area (Å²) in [5.74, 6) is 1.47. The number of amides is 1. The maximum atomic E-state index is 13.1. The van der Waals surface area contributed by atoms with Gasteiger partial charge in [-0.25, -0.2) is 4.98 Å². The molecule has 2 heterocycles. The van der Waals surface area contributed by atoms with Crippen LogP contribution in [0.25, 0.3) is 0 Å². The number of hydrogen-bond acceptors (Lipinski definition) is 4. The molecule has 1 aromatic heterocycles. The molecule has 1 aliphatic heterocycles. The van der Waals surface area contributed by atoms with Crippen molar-refractivity contribution in [3.8, 4) is 5.88 Å². The second-order valence-corrected chi connectivity index (χ2v) is 7.39. The van der Waals surface area contributed by atoms with Crippen LogP contribution in [0.3, 0.4) is 0 Å². The van der Waals surface area contributed by atoms with Crippen LogP contribution in [-0.2, 0) is 4.79 Å². The highest BCUT2D eigenvalue weighted by Crippen LogP contribution is 2.29. The molecule has 2 aromatic carbocycles. The van der Waals surface area contributed by atoms with Crippen molar-refractivity contribution in [3.05, 3.63) is 89.9 Å². The lowest BCUT2D eigenvalue weighted by atomic mass is 9.88. The molecule has 4 rings (SSSR count). The summed E-state index contributed by atoms with van der Waals surface area (Å²) in [5.41, 5.74) is 2.33. The number of rotatable bonds is 6. The second-order valence-electron chi connectivity index (χ2n) is 7.39. The standard InChI is InChI=1S/C24H25N3O2/c1-18-25-14-12-23(26-18)29-21-13-15-27(17-21)24(28)16-22(19-8-4-2-5-9-19)20-10-6-3-7-11-20/h2-12,14,21-22H,13,15-17H2,1H3. The van der Waals surface area contributed by atoms with Crippen LogP contribution in [0, 0.1) is 6.92 Å². The van der Waals surface area contributed by atoms with Crippen molar-refractivity contribution in [2.45, 2.75) is 31.8 Å². The summed E-state index contributed by atoms with van der Waals surface area (Å²) in [6, 6.07) is 22.3. The van der Waals surface area contributed by atoms with E-state index in [9.17, 15) is 4.79 Å². The van der Waals surface area contributed by atoms with Crippen LogP contribution < -0.4 is 4.74 Å². The fourth-order valence-corrected chi connectivity index (χ4v) is 3.82. The first-order chi connectivity index (χ1) is 14.2. The Labute approximate surface area is 171 Å². The fraction of sp³-hybridized carbons (Fsp3) is 0.292. The smallest absolute Gasteiger partial charge is 0.223 e. The van der Waals surface area contributed by atoms with E-state index in [0.717, 1.165) is 17.5 Å². The van der Waals surface area contributed by atoms with Crippen molar-refractivity contribution in [2.75, 3.05) is 13.1 Å². The van der Waals surface area contributed by atoms with Crippen LogP contribution in [0.1, 0.15) is 35.7 Å². The van der Waals surface area contributed by atoms with E-state index in [4.69, 9.17) is 4.74 Å². The molecule has 1 atom stereocenters. The summed E-state index contributed by atoms with van der Waals surface area (Å²) in [6.45, 7) is 3.15. The lowest BCUT2D eigenvalue weighted by Crippen LogP contribution is -2.32. The number of nitrogens with zero attached hydrogens (tertiary/aromatic N) is 3. The first-order valence-corrected chi connectivity index (χ1v) is 10.0. The van der Waals surface area contributed by atoms with E-state index < -0.39 is 0 Å². The first-order valence-electron chi connectivity index (χ1n) is 10.0. The van der Waals surface area contributed by atoms with Crippen LogP contribution in [0.5, 0.6) is 5.88 Å². The van der Waals surface area contributed by atoms with Crippen LogP contribution in [-0.4, -0.2) is 40.0 Å². The number of aromatic nitrogens is 2. The first kappa shape index (κ1) is 19.1. The molecule has 0 saturated carbocycles. The number of hydrogen-bond donors (Lipinski definition) is 0. The molecular weight excluding hydrogens is 362 g/mol. The highest BCUT2D eigenvalue weighted by Gasteiger charge is 2.30. The van der Waals surface area contributed by atoms with Crippen LogP contribution in [0.15, 0.2) is 72.9 Å². The van der Waals surface area contributed by atoms with E-state index in [1.165, 1.54) is 0 Å². The van der Waals surface area contributed by atoms with E-state index in [2.05, 4.69) is 34.2 Å². The molecule has 1 fully saturated rings. The van der Waals surface area contributed by atoms with Crippen molar-refractivity contribution >= 4 is 5.91 Å². The van der Waals surface area contributed by atoms with E-state index in [-0.39, 0.29) is 17.9 Å². The van der Waals surface area contributed by atoms with Gasteiger partial charge < -0.3 is 9.64 Å². The van der Waals surface area contributed by atoms with Gasteiger partial charge in [0.05, 0.1) is 6.54 Å². The van der Waals surface area contributed by atoms with Gasteiger partial charge in [0.2, 0.25) is 11.8 Å². The number of carbonyl (C=O) groups is 1. The Kier molecular flexibility index (Phi) is 5.84. The summed E-state index contributed by atoms with van der Waals surface area (Å²) in [7, 11) is 0. The van der Waals surface area contributed by atoms with Gasteiger partial charge in [-0.2, -0.15) is 4.98 Å². The van der Waals surface area contributed by atoms with E-state index in [1.807, 2.05) is 48.2 Å². The third kappa shape index (κ3) is 4.80. The van der Waals surface area contributed by atoms with E-state index in [1.54, 1.807) is 12.3 Å². The third-order valence-corrected chi connectivity index (χ3v) is 5.32. The van der Waals surface area contributed by atoms with Crippen molar-refractivity contribution < 1.29 is 9.53 Å². The Morgan fingerprint density at radius 2 is 1.72 bits per heavy atom. The van der Waals surface area contributed by atoms with Gasteiger partial charge in [-0.15, -0.1) is 0 Å². The van der Waals surface area contributed by atoms with Gasteiger partial charge >= 0.3 is 0 Å². The molecule has 29 heavy (non-hydrogen) atoms. The molecule has 1 amide bonds. The Morgan fingerprint density at radius 3 is 2.34 bits per heavy atom. The lowest BCUT2D eigenvalue weighted by Gasteiger charge is -2.22. The van der Waals surface area contributed by atoms with Crippen LogP contribution in [0.2, 0.25) is 0 Å². The maximum Gasteiger partial charge on any atom is 0.223 e. The summed E-state index contributed by atoms with van der Waals surface area (Å²) >= 11 is 0. The molecule has 0 aliphatic carbocycles. The van der Waals surface area contributed by atoms with Crippen LogP contribution in [0.4, 0.5) is 0 Å². The van der Waals surface area contributed by atoms with Crippen molar-refractivity contribution in [3.63, 3.8) is 0 Å². The van der Waals surface area contributed by atoms with Gasteiger partial charge in [-0.1, -0.05) is 60.7 Å². The average Bonchev–Trinajstić information content (AvgIpc) is 3.22. The topological polar surface area (TPSA) is 55.3 Å². The zero-order valence-corrected chi connectivity index (χ0v) is 16.6. The molecule has 1 unspecified atom stereocenters. The monoisotopic (exact) mass is 387 g/mol. The van der Waals surface area contributed by atoms with Crippen LogP contribution >= 0.6 is 0 Å². The minimum absolute atomic E-state index is 0.0276. The molecule has 5 heteroatoms. The third-order valence-electron chi connectivity index (χ3n) is 5.32. The summed E-state index contributed by atoms with van der Waals surface area (Å²) in [4.78, 5) is 23.4. The van der Waals surface area contributed by atoms with Gasteiger partial charge in [0, 0.05) is 37.6 Å². The quantitative estimate of drug-likeness (QED) is 0.642. The van der Waals surface area contributed by atoms with Crippen molar-refractivity contribution in [2.24, 2.45) is 0 Å². The maximum absolute atomic E-state index is 13.1. The predicted molar refractivity (Wildman–Crippen MR) is 112 cm³/mol. The number of likely N-dealkylation sites (tertiary alicyclic amines) is 1. The lowest BCUT2D eigenvalue weighted by molar-refractivity contribution is -0.130. The minimum Gasteiger partial charge on any atom is -0.472 e. The SMILES string of the molecule is Cc1nccc(OC2CCN(C(=O)CC(c3ccccc3)c3ccccc3)C2)n1. The van der Waals surface area contributed by atoms with Gasteiger partial charge in [0.15, 0.2) is 0 Å². The number of carbonyl (C=O) groups excluding carboxylic acids is 1. The largest absolute Gasteiger partial charge is 0.472 e. The van der Waals surface area contributed by atoms with Crippen molar-refractivity contribution in [1.82, 2.24) is 14.9 Å². The Hall–Kier alpha value is -3.21. The summed E-state index contributed by atoms with van der Waals surface area (Å²) in [6.07, 6.45) is 2.93. The second kappa shape index (κ2) is 8.86. The van der Waals surface area contributed by atoms with E-state index in [0.29, 0.717) is 31.2 Å². The molecule has 148 valence electrons. The molecule has 0 N–H and O–H groups in total. The molecule has 0 radical (unpaired) electrons. The number of aryl methyl sites for hydroxylation is 1. The van der Waals surface area contributed by atoms with Gasteiger partial charge in [0.25, 0.3) is 0 Å². The van der Waals surface area contributed by atoms with Crippen molar-refractivity contribution in [1.29, 1.82) is 0 Å². The minimum atomic E-state index is -0.0276. The molecule has 5 nitrogen and oxygen atoms in total. The highest BCUT2D eigenvalue weighted by atomic mass is 16.5. The molecular formula is C24H25N3O2. The zero-order valence-electron chi connectivity index (χ0n) is 16.6. The zero-order chi connectivity index (χ0) is 20.1. The summed E-state index contributed by atoms with van der Waals surface area (Å²) < 4.78 is 5.97. The van der Waals surface area contributed by atoms with E-state index >= 15 is 0 Å². The Balaban J connectivity index is 1.43. The highest BCUT2D eigenvalue weighted by molar-refractivity contribution is 5.78. The fourth-order valence-electron chi connectivity index (χ4n) is 3.82. The number of benzene rings is 2. The van der Waals surface area contributed by atoms with Gasteiger partial charge in [-0.3, -0.25) is 4.79 Å². The number of ether oxygens (including phenoxy) is 1. The predicted octanol–water partition coefficient (Wildman–Crippen LogP) is 3.99. The average molecular weight is 387 g/mol. The molecule has 0 bridgehead atoms. The molecule has 3 aromatic rings. The van der Waals surface area contributed by atoms with Gasteiger partial charge in [-0.05, 0) is 18.1 Å². The Morgan fingerprint density at radius 1 is 1.07 bits per heavy atom. The molecule has 0 spiro atoms.